The third-order valence-corrected chi connectivity index (χ3v) is 4.07. The molecule has 1 fully saturated rings. The van der Waals surface area contributed by atoms with Gasteiger partial charge in [0, 0.05) is 39.2 Å². The molecule has 0 saturated carbocycles. The molecular formula is C18H19F3N2O4. The Labute approximate surface area is 154 Å². The summed E-state index contributed by atoms with van der Waals surface area (Å²) < 4.78 is 42.3. The van der Waals surface area contributed by atoms with Gasteiger partial charge in [-0.2, -0.15) is 13.2 Å². The number of ether oxygens (including phenoxy) is 1. The zero-order chi connectivity index (χ0) is 20.0. The lowest BCUT2D eigenvalue weighted by molar-refractivity contribution is -0.149. The number of esters is 1. The molecule has 27 heavy (non-hydrogen) atoms. The molecule has 146 valence electrons. The maximum absolute atomic E-state index is 12.5. The number of nitrogens with zero attached hydrogens (tertiary/aromatic N) is 2. The fraction of sp³-hybridized carbons (Fsp3) is 0.389. The second kappa shape index (κ2) is 8.70. The number of benzene rings is 1. The lowest BCUT2D eigenvalue weighted by atomic mass is 10.1. The minimum Gasteiger partial charge on any atom is -0.452 e. The molecule has 1 aliphatic heterocycles. The topological polar surface area (TPSA) is 66.9 Å². The number of hydrogen-bond acceptors (Lipinski definition) is 4. The summed E-state index contributed by atoms with van der Waals surface area (Å²) in [4.78, 5) is 38.0. The van der Waals surface area contributed by atoms with Crippen LogP contribution in [0.5, 0.6) is 0 Å². The van der Waals surface area contributed by atoms with Crippen molar-refractivity contribution in [2.24, 2.45) is 0 Å². The molecule has 0 N–H and O–H groups in total. The van der Waals surface area contributed by atoms with Crippen molar-refractivity contribution in [2.75, 3.05) is 32.8 Å². The quantitative estimate of drug-likeness (QED) is 0.588. The summed E-state index contributed by atoms with van der Waals surface area (Å²) in [7, 11) is 0. The Morgan fingerprint density at radius 1 is 1.04 bits per heavy atom. The van der Waals surface area contributed by atoms with Crippen LogP contribution in [0.15, 0.2) is 30.3 Å². The standard InChI is InChI=1S/C18H19F3N2O4/c1-13(24)22-8-10-23(11-9-22)16(25)12-27-17(26)7-4-14-2-5-15(6-3-14)18(19,20)21/h2-7H,8-12H2,1H3. The van der Waals surface area contributed by atoms with Crippen LogP contribution < -0.4 is 0 Å². The van der Waals surface area contributed by atoms with Gasteiger partial charge in [0.25, 0.3) is 5.91 Å². The summed E-state index contributed by atoms with van der Waals surface area (Å²) >= 11 is 0. The van der Waals surface area contributed by atoms with Gasteiger partial charge >= 0.3 is 12.1 Å². The van der Waals surface area contributed by atoms with E-state index in [1.165, 1.54) is 30.0 Å². The summed E-state index contributed by atoms with van der Waals surface area (Å²) in [6.45, 7) is 2.64. The van der Waals surface area contributed by atoms with E-state index in [4.69, 9.17) is 4.74 Å². The second-order valence-electron chi connectivity index (χ2n) is 5.95. The number of rotatable bonds is 4. The van der Waals surface area contributed by atoms with Gasteiger partial charge in [0.1, 0.15) is 0 Å². The molecule has 2 amide bonds. The van der Waals surface area contributed by atoms with Gasteiger partial charge in [0.05, 0.1) is 5.56 Å². The van der Waals surface area contributed by atoms with E-state index in [9.17, 15) is 27.6 Å². The molecular weight excluding hydrogens is 365 g/mol. The van der Waals surface area contributed by atoms with Gasteiger partial charge < -0.3 is 14.5 Å². The molecule has 0 unspecified atom stereocenters. The van der Waals surface area contributed by atoms with E-state index >= 15 is 0 Å². The molecule has 1 saturated heterocycles. The zero-order valence-corrected chi connectivity index (χ0v) is 14.7. The number of hydrogen-bond donors (Lipinski definition) is 0. The van der Waals surface area contributed by atoms with E-state index in [1.807, 2.05) is 0 Å². The summed E-state index contributed by atoms with van der Waals surface area (Å²) in [5.74, 6) is -1.19. The van der Waals surface area contributed by atoms with Crippen molar-refractivity contribution < 1.29 is 32.3 Å². The monoisotopic (exact) mass is 384 g/mol. The molecule has 1 aliphatic rings. The van der Waals surface area contributed by atoms with Crippen LogP contribution in [-0.2, 0) is 25.3 Å². The maximum atomic E-state index is 12.5. The third kappa shape index (κ3) is 6.12. The van der Waals surface area contributed by atoms with Gasteiger partial charge in [0.15, 0.2) is 6.61 Å². The first-order chi connectivity index (χ1) is 12.7. The zero-order valence-electron chi connectivity index (χ0n) is 14.7. The van der Waals surface area contributed by atoms with Crippen LogP contribution in [0.4, 0.5) is 13.2 Å². The van der Waals surface area contributed by atoms with E-state index in [1.54, 1.807) is 4.90 Å². The van der Waals surface area contributed by atoms with Crippen molar-refractivity contribution in [1.82, 2.24) is 9.80 Å². The average molecular weight is 384 g/mol. The highest BCUT2D eigenvalue weighted by atomic mass is 19.4. The highest BCUT2D eigenvalue weighted by Gasteiger charge is 2.29. The lowest BCUT2D eigenvalue weighted by Gasteiger charge is -2.34. The Kier molecular flexibility index (Phi) is 6.59. The summed E-state index contributed by atoms with van der Waals surface area (Å²) in [5, 5.41) is 0. The van der Waals surface area contributed by atoms with E-state index in [2.05, 4.69) is 0 Å². The molecule has 0 aliphatic carbocycles. The van der Waals surface area contributed by atoms with Crippen molar-refractivity contribution in [3.05, 3.63) is 41.5 Å². The molecule has 1 aromatic carbocycles. The molecule has 2 rings (SSSR count). The molecule has 0 spiro atoms. The average Bonchev–Trinajstić information content (AvgIpc) is 2.64. The van der Waals surface area contributed by atoms with E-state index in [0.717, 1.165) is 18.2 Å². The summed E-state index contributed by atoms with van der Waals surface area (Å²) in [6, 6.07) is 4.28. The first-order valence-corrected chi connectivity index (χ1v) is 8.22. The predicted molar refractivity (Wildman–Crippen MR) is 90.3 cm³/mol. The largest absolute Gasteiger partial charge is 0.452 e. The summed E-state index contributed by atoms with van der Waals surface area (Å²) in [5.41, 5.74) is -0.385. The third-order valence-electron chi connectivity index (χ3n) is 4.07. The Hall–Kier alpha value is -2.84. The van der Waals surface area contributed by atoms with E-state index in [-0.39, 0.29) is 11.8 Å². The number of amides is 2. The van der Waals surface area contributed by atoms with Crippen LogP contribution >= 0.6 is 0 Å². The van der Waals surface area contributed by atoms with Crippen LogP contribution in [0.25, 0.3) is 6.08 Å². The number of piperazine rings is 1. The lowest BCUT2D eigenvalue weighted by Crippen LogP contribution is -2.51. The highest BCUT2D eigenvalue weighted by Crippen LogP contribution is 2.29. The van der Waals surface area contributed by atoms with E-state index < -0.39 is 24.3 Å². The van der Waals surface area contributed by atoms with Crippen molar-refractivity contribution >= 4 is 23.9 Å². The van der Waals surface area contributed by atoms with Gasteiger partial charge in [0.2, 0.25) is 5.91 Å². The smallest absolute Gasteiger partial charge is 0.416 e. The minimum atomic E-state index is -4.42. The van der Waals surface area contributed by atoms with Crippen LogP contribution in [-0.4, -0.2) is 60.4 Å². The van der Waals surface area contributed by atoms with Crippen LogP contribution in [0.3, 0.4) is 0 Å². The first kappa shape index (κ1) is 20.5. The molecule has 0 atom stereocenters. The van der Waals surface area contributed by atoms with Gasteiger partial charge in [-0.1, -0.05) is 12.1 Å². The molecule has 0 aromatic heterocycles. The summed E-state index contributed by atoms with van der Waals surface area (Å²) in [6.07, 6.45) is -2.07. The van der Waals surface area contributed by atoms with Crippen molar-refractivity contribution in [1.29, 1.82) is 0 Å². The maximum Gasteiger partial charge on any atom is 0.416 e. The highest BCUT2D eigenvalue weighted by molar-refractivity contribution is 5.89. The van der Waals surface area contributed by atoms with Gasteiger partial charge in [-0.15, -0.1) is 0 Å². The number of alkyl halides is 3. The van der Waals surface area contributed by atoms with Crippen LogP contribution in [0.2, 0.25) is 0 Å². The Balaban J connectivity index is 1.78. The molecule has 0 radical (unpaired) electrons. The number of carbonyl (C=O) groups is 3. The second-order valence-corrected chi connectivity index (χ2v) is 5.95. The number of halogens is 3. The SMILES string of the molecule is CC(=O)N1CCN(C(=O)COC(=O)C=Cc2ccc(C(F)(F)F)cc2)CC1. The Morgan fingerprint density at radius 3 is 2.11 bits per heavy atom. The first-order valence-electron chi connectivity index (χ1n) is 8.22. The Morgan fingerprint density at radius 2 is 1.59 bits per heavy atom. The van der Waals surface area contributed by atoms with Crippen molar-refractivity contribution in [3.63, 3.8) is 0 Å². The molecule has 9 heteroatoms. The normalized spacial score (nSPS) is 15.1. The van der Waals surface area contributed by atoms with Gasteiger partial charge in [-0.3, -0.25) is 9.59 Å². The molecule has 0 bridgehead atoms. The van der Waals surface area contributed by atoms with Gasteiger partial charge in [-0.25, -0.2) is 4.79 Å². The molecule has 1 heterocycles. The van der Waals surface area contributed by atoms with Gasteiger partial charge in [-0.05, 0) is 23.8 Å². The predicted octanol–water partition coefficient (Wildman–Crippen LogP) is 1.95. The van der Waals surface area contributed by atoms with Crippen molar-refractivity contribution in [2.45, 2.75) is 13.1 Å². The van der Waals surface area contributed by atoms with Crippen LogP contribution in [0.1, 0.15) is 18.1 Å². The van der Waals surface area contributed by atoms with Crippen LogP contribution in [0, 0.1) is 0 Å². The molecule has 6 nitrogen and oxygen atoms in total. The fourth-order valence-electron chi connectivity index (χ4n) is 2.49. The molecule has 1 aromatic rings. The van der Waals surface area contributed by atoms with Crippen molar-refractivity contribution in [3.8, 4) is 0 Å². The number of carbonyl (C=O) groups excluding carboxylic acids is 3. The Bertz CT molecular complexity index is 721. The minimum absolute atomic E-state index is 0.0538. The fourth-order valence-corrected chi connectivity index (χ4v) is 2.49. The van der Waals surface area contributed by atoms with E-state index in [0.29, 0.717) is 31.7 Å².